The predicted octanol–water partition coefficient (Wildman–Crippen LogP) is 4.10. The third-order valence-electron chi connectivity index (χ3n) is 4.72. The number of esters is 1. The van der Waals surface area contributed by atoms with Crippen molar-refractivity contribution in [1.29, 1.82) is 0 Å². The SMILES string of the molecule is COC(=O)/C(C)=C/CC[C@H](C)C/C=C/B1OC(C)(C)C(C)(C)O1. The van der Waals surface area contributed by atoms with Gasteiger partial charge in [0.15, 0.2) is 0 Å². The summed E-state index contributed by atoms with van der Waals surface area (Å²) in [7, 11) is 1.14. The largest absolute Gasteiger partial charge is 0.486 e. The number of rotatable bonds is 7. The van der Waals surface area contributed by atoms with Crippen molar-refractivity contribution in [3.05, 3.63) is 23.7 Å². The molecular weight excluding hydrogens is 291 g/mol. The van der Waals surface area contributed by atoms with E-state index in [4.69, 9.17) is 9.31 Å². The molecule has 4 nitrogen and oxygen atoms in total. The van der Waals surface area contributed by atoms with Gasteiger partial charge in [-0.15, -0.1) is 0 Å². The molecule has 1 aliphatic rings. The lowest BCUT2D eigenvalue weighted by molar-refractivity contribution is -0.136. The van der Waals surface area contributed by atoms with Gasteiger partial charge in [0.1, 0.15) is 0 Å². The second-order valence-corrected chi connectivity index (χ2v) is 7.35. The molecule has 0 aromatic carbocycles. The standard InChI is InChI=1S/C18H31BO4/c1-14(10-8-12-15(2)16(20)21-7)11-9-13-19-22-17(3,4)18(5,6)23-19/h9,12-14H,8,10-11H2,1-7H3/b13-9+,15-12+/t14-/m0/s1. The molecule has 0 radical (unpaired) electrons. The Morgan fingerprint density at radius 3 is 2.30 bits per heavy atom. The Balaban J connectivity index is 2.34. The molecule has 1 aliphatic heterocycles. The smallest absolute Gasteiger partial charge is 0.466 e. The molecule has 130 valence electrons. The van der Waals surface area contributed by atoms with Crippen LogP contribution in [-0.4, -0.2) is 31.4 Å². The van der Waals surface area contributed by atoms with E-state index in [1.54, 1.807) is 6.92 Å². The van der Waals surface area contributed by atoms with Crippen LogP contribution in [0.25, 0.3) is 0 Å². The third-order valence-corrected chi connectivity index (χ3v) is 4.72. The van der Waals surface area contributed by atoms with E-state index in [9.17, 15) is 4.79 Å². The minimum Gasteiger partial charge on any atom is -0.466 e. The van der Waals surface area contributed by atoms with E-state index >= 15 is 0 Å². The Labute approximate surface area is 141 Å². The van der Waals surface area contributed by atoms with E-state index in [1.807, 2.05) is 12.1 Å². The molecule has 0 aromatic heterocycles. The molecular formula is C18H31BO4. The molecule has 0 amide bonds. The molecule has 0 N–H and O–H groups in total. The van der Waals surface area contributed by atoms with Crippen molar-refractivity contribution < 1.29 is 18.8 Å². The first-order valence-electron chi connectivity index (χ1n) is 8.36. The predicted molar refractivity (Wildman–Crippen MR) is 94.0 cm³/mol. The van der Waals surface area contributed by atoms with Gasteiger partial charge in [-0.2, -0.15) is 0 Å². The number of allylic oxidation sites excluding steroid dienone is 2. The zero-order valence-corrected chi connectivity index (χ0v) is 15.6. The molecule has 0 bridgehead atoms. The van der Waals surface area contributed by atoms with Gasteiger partial charge in [0, 0.05) is 5.57 Å². The number of hydrogen-bond acceptors (Lipinski definition) is 4. The van der Waals surface area contributed by atoms with Crippen LogP contribution in [0.2, 0.25) is 0 Å². The van der Waals surface area contributed by atoms with Gasteiger partial charge in [0.25, 0.3) is 0 Å². The van der Waals surface area contributed by atoms with Gasteiger partial charge < -0.3 is 14.0 Å². The number of ether oxygens (including phenoxy) is 1. The van der Waals surface area contributed by atoms with Gasteiger partial charge in [-0.05, 0) is 59.8 Å². The summed E-state index contributed by atoms with van der Waals surface area (Å²) < 4.78 is 16.5. The normalized spacial score (nSPS) is 21.7. The summed E-state index contributed by atoms with van der Waals surface area (Å²) in [5, 5.41) is 0. The van der Waals surface area contributed by atoms with Gasteiger partial charge in [-0.25, -0.2) is 4.79 Å². The van der Waals surface area contributed by atoms with E-state index in [-0.39, 0.29) is 24.3 Å². The van der Waals surface area contributed by atoms with Crippen LogP contribution in [0, 0.1) is 5.92 Å². The number of methoxy groups -OCH3 is 1. The molecule has 23 heavy (non-hydrogen) atoms. The molecule has 1 rings (SSSR count). The molecule has 0 saturated carbocycles. The fraction of sp³-hybridized carbons (Fsp3) is 0.722. The maximum Gasteiger partial charge on any atom is 0.486 e. The number of carbonyl (C=O) groups excluding carboxylic acids is 1. The third kappa shape index (κ3) is 5.81. The van der Waals surface area contributed by atoms with Crippen LogP contribution in [0.3, 0.4) is 0 Å². The number of carbonyl (C=O) groups is 1. The molecule has 0 spiro atoms. The van der Waals surface area contributed by atoms with Crippen LogP contribution >= 0.6 is 0 Å². The fourth-order valence-electron chi connectivity index (χ4n) is 2.34. The summed E-state index contributed by atoms with van der Waals surface area (Å²) in [5.41, 5.74) is 0.0978. The van der Waals surface area contributed by atoms with Crippen LogP contribution in [0.5, 0.6) is 0 Å². The first kappa shape index (κ1) is 20.0. The van der Waals surface area contributed by atoms with Crippen LogP contribution in [0.1, 0.15) is 60.8 Å². The Morgan fingerprint density at radius 2 is 1.78 bits per heavy atom. The summed E-state index contributed by atoms with van der Waals surface area (Å²) >= 11 is 0. The van der Waals surface area contributed by atoms with Crippen molar-refractivity contribution in [2.75, 3.05) is 7.11 Å². The maximum absolute atomic E-state index is 11.3. The monoisotopic (exact) mass is 322 g/mol. The van der Waals surface area contributed by atoms with Crippen molar-refractivity contribution in [3.63, 3.8) is 0 Å². The minimum atomic E-state index is -0.288. The summed E-state index contributed by atoms with van der Waals surface area (Å²) in [4.78, 5) is 11.3. The van der Waals surface area contributed by atoms with Gasteiger partial charge in [0.2, 0.25) is 0 Å². The van der Waals surface area contributed by atoms with Gasteiger partial charge in [-0.1, -0.05) is 25.1 Å². The summed E-state index contributed by atoms with van der Waals surface area (Å²) in [5.74, 6) is 2.29. The van der Waals surface area contributed by atoms with Gasteiger partial charge >= 0.3 is 13.1 Å². The lowest BCUT2D eigenvalue weighted by atomic mass is 9.88. The lowest BCUT2D eigenvalue weighted by Crippen LogP contribution is -2.41. The van der Waals surface area contributed by atoms with Crippen molar-refractivity contribution in [2.24, 2.45) is 5.92 Å². The first-order valence-corrected chi connectivity index (χ1v) is 8.36. The highest BCUT2D eigenvalue weighted by Gasteiger charge is 2.49. The molecule has 1 fully saturated rings. The summed E-state index contributed by atoms with van der Waals surface area (Å²) in [6.45, 7) is 12.2. The molecule has 0 unspecified atom stereocenters. The Bertz CT molecular complexity index is 450. The second-order valence-electron chi connectivity index (χ2n) is 7.35. The van der Waals surface area contributed by atoms with Gasteiger partial charge in [0.05, 0.1) is 18.3 Å². The second kappa shape index (κ2) is 8.16. The minimum absolute atomic E-state index is 0.252. The summed E-state index contributed by atoms with van der Waals surface area (Å²) in [6, 6.07) is 0. The number of hydrogen-bond donors (Lipinski definition) is 0. The van der Waals surface area contributed by atoms with Gasteiger partial charge in [-0.3, -0.25) is 0 Å². The van der Waals surface area contributed by atoms with E-state index < -0.39 is 0 Å². The highest BCUT2D eigenvalue weighted by molar-refractivity contribution is 6.51. The Hall–Kier alpha value is -1.07. The Kier molecular flexibility index (Phi) is 7.09. The fourth-order valence-corrected chi connectivity index (χ4v) is 2.34. The molecule has 0 aromatic rings. The van der Waals surface area contributed by atoms with E-state index in [2.05, 4.69) is 45.4 Å². The zero-order chi connectivity index (χ0) is 17.7. The van der Waals surface area contributed by atoms with Crippen molar-refractivity contribution in [2.45, 2.75) is 72.0 Å². The molecule has 1 saturated heterocycles. The first-order chi connectivity index (χ1) is 10.6. The lowest BCUT2D eigenvalue weighted by Gasteiger charge is -2.32. The van der Waals surface area contributed by atoms with Crippen LogP contribution in [0.15, 0.2) is 23.7 Å². The average Bonchev–Trinajstić information content (AvgIpc) is 2.65. The highest BCUT2D eigenvalue weighted by Crippen LogP contribution is 2.36. The van der Waals surface area contributed by atoms with Crippen LogP contribution < -0.4 is 0 Å². The zero-order valence-electron chi connectivity index (χ0n) is 15.6. The molecule has 0 aliphatic carbocycles. The molecule has 5 heteroatoms. The topological polar surface area (TPSA) is 44.8 Å². The molecule has 1 heterocycles. The highest BCUT2D eigenvalue weighted by atomic mass is 16.7. The van der Waals surface area contributed by atoms with Crippen molar-refractivity contribution in [1.82, 2.24) is 0 Å². The van der Waals surface area contributed by atoms with Crippen LogP contribution in [-0.2, 0) is 18.8 Å². The van der Waals surface area contributed by atoms with E-state index in [0.717, 1.165) is 19.3 Å². The average molecular weight is 322 g/mol. The van der Waals surface area contributed by atoms with E-state index in [1.165, 1.54) is 7.11 Å². The Morgan fingerprint density at radius 1 is 1.22 bits per heavy atom. The van der Waals surface area contributed by atoms with E-state index in [0.29, 0.717) is 11.5 Å². The molecule has 1 atom stereocenters. The maximum atomic E-state index is 11.3. The van der Waals surface area contributed by atoms with Crippen LogP contribution in [0.4, 0.5) is 0 Å². The quantitative estimate of drug-likeness (QED) is 0.402. The summed E-state index contributed by atoms with van der Waals surface area (Å²) in [6.07, 6.45) is 6.95. The van der Waals surface area contributed by atoms with Crippen molar-refractivity contribution >= 4 is 13.1 Å². The van der Waals surface area contributed by atoms with Crippen molar-refractivity contribution in [3.8, 4) is 0 Å².